The Hall–Kier alpha value is -2.20. The van der Waals surface area contributed by atoms with E-state index < -0.39 is 42.2 Å². The highest BCUT2D eigenvalue weighted by atomic mass is 16.6. The number of nitrogens with two attached hydrogens (primary N) is 1. The zero-order valence-corrected chi connectivity index (χ0v) is 14.3. The lowest BCUT2D eigenvalue weighted by Crippen LogP contribution is -2.61. The van der Waals surface area contributed by atoms with Crippen LogP contribution in [0.25, 0.3) is 0 Å². The first-order valence-electron chi connectivity index (χ1n) is 8.36. The predicted molar refractivity (Wildman–Crippen MR) is 84.2 cm³/mol. The van der Waals surface area contributed by atoms with Gasteiger partial charge in [-0.25, -0.2) is 5.01 Å². The fraction of sp³-hybridized carbons (Fsp3) is 0.733. The molecule has 0 aromatic heterocycles. The molecule has 2 fully saturated rings. The molecule has 0 spiro atoms. The summed E-state index contributed by atoms with van der Waals surface area (Å²) in [6, 6.07) is -2.75. The molecular formula is C15H24N4O6. The topological polar surface area (TPSA) is 142 Å². The molecule has 4 N–H and O–H groups in total. The molecule has 10 heteroatoms. The minimum absolute atomic E-state index is 0.124. The Bertz CT molecular complexity index is 568. The number of amides is 3. The summed E-state index contributed by atoms with van der Waals surface area (Å²) in [5.41, 5.74) is 5.84. The van der Waals surface area contributed by atoms with E-state index in [9.17, 15) is 24.3 Å². The van der Waals surface area contributed by atoms with Crippen molar-refractivity contribution >= 4 is 23.7 Å². The van der Waals surface area contributed by atoms with Gasteiger partial charge < -0.3 is 20.9 Å². The maximum absolute atomic E-state index is 12.7. The van der Waals surface area contributed by atoms with Gasteiger partial charge in [0.15, 0.2) is 0 Å². The summed E-state index contributed by atoms with van der Waals surface area (Å²) in [5, 5.41) is 14.5. The fourth-order valence-electron chi connectivity index (χ4n) is 3.01. The summed E-state index contributed by atoms with van der Waals surface area (Å²) in [7, 11) is 0. The fourth-order valence-corrected chi connectivity index (χ4v) is 3.01. The standard InChI is InChI=1S/C15H24N4O6/c1-3-10(13(22)17-9-7-12(21)25-15(9)24)19-14(23)8(16)5-6-11(20)18(19)4-2/h8-10,15,24H,3-7,16H2,1-2H3,(H,17,22). The van der Waals surface area contributed by atoms with Crippen LogP contribution in [0, 0.1) is 0 Å². The number of carbonyl (C=O) groups excluding carboxylic acids is 4. The molecule has 3 amide bonds. The number of carbonyl (C=O) groups is 4. The van der Waals surface area contributed by atoms with E-state index in [2.05, 4.69) is 10.1 Å². The average Bonchev–Trinajstić information content (AvgIpc) is 2.83. The molecular weight excluding hydrogens is 332 g/mol. The van der Waals surface area contributed by atoms with Gasteiger partial charge >= 0.3 is 5.97 Å². The average molecular weight is 356 g/mol. The molecule has 0 saturated carbocycles. The van der Waals surface area contributed by atoms with E-state index >= 15 is 0 Å². The smallest absolute Gasteiger partial charge is 0.310 e. The number of rotatable bonds is 5. The summed E-state index contributed by atoms with van der Waals surface area (Å²) in [5.74, 6) is -1.99. The van der Waals surface area contributed by atoms with Crippen LogP contribution in [0.15, 0.2) is 0 Å². The van der Waals surface area contributed by atoms with E-state index in [1.165, 1.54) is 5.01 Å². The molecule has 10 nitrogen and oxygen atoms in total. The van der Waals surface area contributed by atoms with Gasteiger partial charge in [0.2, 0.25) is 18.1 Å². The molecule has 0 aliphatic carbocycles. The van der Waals surface area contributed by atoms with E-state index in [0.29, 0.717) is 0 Å². The molecule has 0 radical (unpaired) electrons. The first-order valence-corrected chi connectivity index (χ1v) is 8.36. The van der Waals surface area contributed by atoms with Gasteiger partial charge in [-0.15, -0.1) is 0 Å². The lowest BCUT2D eigenvalue weighted by atomic mass is 10.1. The second-order valence-electron chi connectivity index (χ2n) is 6.06. The van der Waals surface area contributed by atoms with Crippen molar-refractivity contribution in [3.8, 4) is 0 Å². The Balaban J connectivity index is 2.22. The normalized spacial score (nSPS) is 28.6. The molecule has 2 aliphatic rings. The van der Waals surface area contributed by atoms with Crippen LogP contribution in [-0.4, -0.2) is 69.8 Å². The predicted octanol–water partition coefficient (Wildman–Crippen LogP) is -1.77. The third kappa shape index (κ3) is 3.90. The van der Waals surface area contributed by atoms with Crippen molar-refractivity contribution in [2.24, 2.45) is 5.73 Å². The number of esters is 1. The van der Waals surface area contributed by atoms with Crippen molar-refractivity contribution < 1.29 is 29.0 Å². The van der Waals surface area contributed by atoms with E-state index in [-0.39, 0.29) is 38.1 Å². The molecule has 25 heavy (non-hydrogen) atoms. The number of aliphatic hydroxyl groups excluding tert-OH is 1. The second-order valence-corrected chi connectivity index (χ2v) is 6.06. The number of aliphatic hydroxyl groups is 1. The molecule has 2 aliphatic heterocycles. The first kappa shape index (κ1) is 19.1. The Morgan fingerprint density at radius 3 is 2.60 bits per heavy atom. The quantitative estimate of drug-likeness (QED) is 0.495. The highest BCUT2D eigenvalue weighted by molar-refractivity contribution is 5.93. The van der Waals surface area contributed by atoms with Crippen molar-refractivity contribution in [1.82, 2.24) is 15.3 Å². The number of nitrogens with one attached hydrogen (secondary N) is 1. The highest BCUT2D eigenvalue weighted by Gasteiger charge is 2.42. The number of nitrogens with zero attached hydrogens (tertiary/aromatic N) is 2. The monoisotopic (exact) mass is 356 g/mol. The minimum atomic E-state index is -1.43. The van der Waals surface area contributed by atoms with Gasteiger partial charge in [-0.1, -0.05) is 6.92 Å². The Kier molecular flexibility index (Phi) is 5.96. The van der Waals surface area contributed by atoms with Crippen LogP contribution in [0.4, 0.5) is 0 Å². The van der Waals surface area contributed by atoms with Crippen LogP contribution < -0.4 is 11.1 Å². The maximum Gasteiger partial charge on any atom is 0.310 e. The highest BCUT2D eigenvalue weighted by Crippen LogP contribution is 2.20. The number of cyclic esters (lactones) is 1. The summed E-state index contributed by atoms with van der Waals surface area (Å²) < 4.78 is 4.59. The molecule has 140 valence electrons. The SMILES string of the molecule is CCC(C(=O)NC1CC(=O)OC1O)N1C(=O)C(N)CCC(=O)N1CC. The summed E-state index contributed by atoms with van der Waals surface area (Å²) in [6.07, 6.45) is -1.02. The van der Waals surface area contributed by atoms with E-state index in [4.69, 9.17) is 5.73 Å². The third-order valence-electron chi connectivity index (χ3n) is 4.35. The van der Waals surface area contributed by atoms with Gasteiger partial charge in [0.1, 0.15) is 12.1 Å². The van der Waals surface area contributed by atoms with Crippen LogP contribution in [0.2, 0.25) is 0 Å². The Labute approximate surface area is 145 Å². The molecule has 2 rings (SSSR count). The van der Waals surface area contributed by atoms with Gasteiger partial charge in [0.25, 0.3) is 5.91 Å². The molecule has 4 unspecified atom stereocenters. The number of hydrogen-bond acceptors (Lipinski definition) is 7. The summed E-state index contributed by atoms with van der Waals surface area (Å²) in [4.78, 5) is 48.7. The van der Waals surface area contributed by atoms with E-state index in [1.54, 1.807) is 13.8 Å². The lowest BCUT2D eigenvalue weighted by Gasteiger charge is -2.38. The van der Waals surface area contributed by atoms with E-state index in [0.717, 1.165) is 5.01 Å². The van der Waals surface area contributed by atoms with Crippen LogP contribution >= 0.6 is 0 Å². The Morgan fingerprint density at radius 2 is 2.08 bits per heavy atom. The van der Waals surface area contributed by atoms with Crippen molar-refractivity contribution in [2.45, 2.75) is 63.9 Å². The minimum Gasteiger partial charge on any atom is -0.434 e. The van der Waals surface area contributed by atoms with Gasteiger partial charge in [-0.3, -0.25) is 24.2 Å². The third-order valence-corrected chi connectivity index (χ3v) is 4.35. The molecule has 0 aromatic carbocycles. The molecule has 4 atom stereocenters. The summed E-state index contributed by atoms with van der Waals surface area (Å²) in [6.45, 7) is 3.61. The molecule has 2 heterocycles. The van der Waals surface area contributed by atoms with Crippen LogP contribution in [0.3, 0.4) is 0 Å². The van der Waals surface area contributed by atoms with Crippen LogP contribution in [0.5, 0.6) is 0 Å². The largest absolute Gasteiger partial charge is 0.434 e. The first-order chi connectivity index (χ1) is 11.8. The number of hydrogen-bond donors (Lipinski definition) is 3. The van der Waals surface area contributed by atoms with Gasteiger partial charge in [0.05, 0.1) is 12.5 Å². The van der Waals surface area contributed by atoms with Crippen molar-refractivity contribution in [3.05, 3.63) is 0 Å². The second kappa shape index (κ2) is 7.79. The number of ether oxygens (including phenoxy) is 1. The lowest BCUT2D eigenvalue weighted by molar-refractivity contribution is -0.170. The van der Waals surface area contributed by atoms with Gasteiger partial charge in [-0.2, -0.15) is 0 Å². The molecule has 0 bridgehead atoms. The van der Waals surface area contributed by atoms with Gasteiger partial charge in [0, 0.05) is 13.0 Å². The van der Waals surface area contributed by atoms with Crippen molar-refractivity contribution in [3.63, 3.8) is 0 Å². The molecule has 2 saturated heterocycles. The van der Waals surface area contributed by atoms with E-state index in [1.807, 2.05) is 0 Å². The summed E-state index contributed by atoms with van der Waals surface area (Å²) >= 11 is 0. The Morgan fingerprint density at radius 1 is 1.40 bits per heavy atom. The van der Waals surface area contributed by atoms with Crippen LogP contribution in [0.1, 0.15) is 39.5 Å². The molecule has 0 aromatic rings. The van der Waals surface area contributed by atoms with Crippen molar-refractivity contribution in [2.75, 3.05) is 6.54 Å². The maximum atomic E-state index is 12.7. The zero-order valence-electron chi connectivity index (χ0n) is 14.3. The zero-order chi connectivity index (χ0) is 18.7. The van der Waals surface area contributed by atoms with Crippen molar-refractivity contribution in [1.29, 1.82) is 0 Å². The van der Waals surface area contributed by atoms with Crippen LogP contribution in [-0.2, 0) is 23.9 Å². The number of hydrazine groups is 1. The van der Waals surface area contributed by atoms with Gasteiger partial charge in [-0.05, 0) is 19.8 Å².